The van der Waals surface area contributed by atoms with E-state index in [1.54, 1.807) is 43.3 Å². The Bertz CT molecular complexity index is 1180. The molecule has 0 aliphatic rings. The van der Waals surface area contributed by atoms with Crippen molar-refractivity contribution in [1.82, 2.24) is 4.72 Å². The van der Waals surface area contributed by atoms with Gasteiger partial charge < -0.3 is 14.8 Å². The normalized spacial score (nSPS) is 12.1. The molecular formula is C25H28N2O5S. The van der Waals surface area contributed by atoms with Gasteiger partial charge in [-0.3, -0.25) is 4.79 Å². The third kappa shape index (κ3) is 6.57. The summed E-state index contributed by atoms with van der Waals surface area (Å²) in [4.78, 5) is 13.1. The van der Waals surface area contributed by atoms with E-state index in [0.717, 1.165) is 11.1 Å². The fraction of sp³-hybridized carbons (Fsp3) is 0.240. The first-order valence-electron chi connectivity index (χ1n) is 10.6. The van der Waals surface area contributed by atoms with Crippen molar-refractivity contribution in [3.05, 3.63) is 83.9 Å². The van der Waals surface area contributed by atoms with Gasteiger partial charge in [-0.25, -0.2) is 8.42 Å². The summed E-state index contributed by atoms with van der Waals surface area (Å²) in [6, 6.07) is 20.0. The molecule has 0 radical (unpaired) electrons. The predicted molar refractivity (Wildman–Crippen MR) is 128 cm³/mol. The number of hydrogen-bond acceptors (Lipinski definition) is 5. The van der Waals surface area contributed by atoms with Gasteiger partial charge in [-0.05, 0) is 67.8 Å². The molecule has 0 aromatic heterocycles. The Balaban J connectivity index is 1.87. The predicted octanol–water partition coefficient (Wildman–Crippen LogP) is 3.93. The van der Waals surface area contributed by atoms with Gasteiger partial charge in [0.2, 0.25) is 15.9 Å². The van der Waals surface area contributed by atoms with Crippen LogP contribution in [0.25, 0.3) is 0 Å². The van der Waals surface area contributed by atoms with Crippen molar-refractivity contribution < 1.29 is 22.7 Å². The zero-order valence-corrected chi connectivity index (χ0v) is 19.7. The van der Waals surface area contributed by atoms with Gasteiger partial charge in [0.05, 0.1) is 13.7 Å². The molecule has 0 aliphatic heterocycles. The van der Waals surface area contributed by atoms with Crippen LogP contribution in [0.3, 0.4) is 0 Å². The van der Waals surface area contributed by atoms with Crippen LogP contribution >= 0.6 is 0 Å². The van der Waals surface area contributed by atoms with E-state index in [1.807, 2.05) is 37.3 Å². The van der Waals surface area contributed by atoms with Gasteiger partial charge in [0.15, 0.2) is 0 Å². The van der Waals surface area contributed by atoms with Crippen molar-refractivity contribution >= 4 is 21.6 Å². The van der Waals surface area contributed by atoms with Gasteiger partial charge in [0, 0.05) is 5.69 Å². The molecule has 0 saturated carbocycles. The molecular weight excluding hydrogens is 440 g/mol. The van der Waals surface area contributed by atoms with Crippen molar-refractivity contribution in [1.29, 1.82) is 0 Å². The van der Waals surface area contributed by atoms with Crippen LogP contribution in [0, 0.1) is 6.92 Å². The number of rotatable bonds is 10. The Labute approximate surface area is 194 Å². The molecule has 0 fully saturated rings. The van der Waals surface area contributed by atoms with Crippen molar-refractivity contribution in [2.24, 2.45) is 0 Å². The number of benzene rings is 3. The molecule has 1 atom stereocenters. The second-order valence-electron chi connectivity index (χ2n) is 7.46. The zero-order valence-electron chi connectivity index (χ0n) is 18.9. The molecule has 3 aromatic rings. The molecule has 7 nitrogen and oxygen atoms in total. The number of methoxy groups -OCH3 is 1. The quantitative estimate of drug-likeness (QED) is 0.470. The molecule has 1 amide bonds. The number of aryl methyl sites for hydroxylation is 1. The number of carbonyl (C=O) groups is 1. The van der Waals surface area contributed by atoms with Gasteiger partial charge >= 0.3 is 0 Å². The Hall–Kier alpha value is -3.36. The summed E-state index contributed by atoms with van der Waals surface area (Å²) in [5.41, 5.74) is 2.12. The maximum atomic E-state index is 13.3. The summed E-state index contributed by atoms with van der Waals surface area (Å²) in [5, 5.41) is 2.79. The Morgan fingerprint density at radius 3 is 2.33 bits per heavy atom. The lowest BCUT2D eigenvalue weighted by Crippen LogP contribution is -2.45. The largest absolute Gasteiger partial charge is 0.495 e. The smallest absolute Gasteiger partial charge is 0.245 e. The van der Waals surface area contributed by atoms with Crippen molar-refractivity contribution in [2.75, 3.05) is 19.0 Å². The first-order chi connectivity index (χ1) is 15.8. The van der Waals surface area contributed by atoms with Crippen LogP contribution in [-0.2, 0) is 21.2 Å². The van der Waals surface area contributed by atoms with Crippen LogP contribution in [0.4, 0.5) is 5.69 Å². The molecule has 174 valence electrons. The lowest BCUT2D eigenvalue weighted by molar-refractivity contribution is -0.117. The van der Waals surface area contributed by atoms with E-state index in [4.69, 9.17) is 9.47 Å². The molecule has 1 unspecified atom stereocenters. The molecule has 0 bridgehead atoms. The standard InChI is InChI=1S/C25H28N2O5S/c1-4-32-21-13-11-20(12-14-21)26-25(28)22(17-19-8-6-5-7-9-19)27-33(29,30)24-16-18(2)10-15-23(24)31-3/h5-16,22,27H,4,17H2,1-3H3,(H,26,28). The molecule has 8 heteroatoms. The van der Waals surface area contributed by atoms with Gasteiger partial charge in [-0.1, -0.05) is 36.4 Å². The molecule has 0 saturated heterocycles. The van der Waals surface area contributed by atoms with Gasteiger partial charge in [0.25, 0.3) is 0 Å². The first-order valence-corrected chi connectivity index (χ1v) is 12.1. The molecule has 2 N–H and O–H groups in total. The highest BCUT2D eigenvalue weighted by atomic mass is 32.2. The summed E-state index contributed by atoms with van der Waals surface area (Å²) in [7, 11) is -2.65. The Morgan fingerprint density at radius 2 is 1.70 bits per heavy atom. The molecule has 0 spiro atoms. The van der Waals surface area contributed by atoms with Crippen LogP contribution in [0.15, 0.2) is 77.7 Å². The highest BCUT2D eigenvalue weighted by Crippen LogP contribution is 2.25. The zero-order chi connectivity index (χ0) is 23.8. The maximum absolute atomic E-state index is 13.3. The monoisotopic (exact) mass is 468 g/mol. The second kappa shape index (κ2) is 11.0. The van der Waals surface area contributed by atoms with E-state index in [2.05, 4.69) is 10.0 Å². The van der Waals surface area contributed by atoms with Crippen molar-refractivity contribution in [2.45, 2.75) is 31.2 Å². The number of sulfonamides is 1. The van der Waals surface area contributed by atoms with Crippen LogP contribution in [0.2, 0.25) is 0 Å². The summed E-state index contributed by atoms with van der Waals surface area (Å²) < 4.78 is 39.7. The number of anilines is 1. The van der Waals surface area contributed by atoms with Gasteiger partial charge in [-0.2, -0.15) is 4.72 Å². The summed E-state index contributed by atoms with van der Waals surface area (Å²) in [6.07, 6.45) is 0.178. The summed E-state index contributed by atoms with van der Waals surface area (Å²) in [5.74, 6) is 0.417. The van der Waals surface area contributed by atoms with Gasteiger partial charge in [0.1, 0.15) is 22.4 Å². The first kappa shape index (κ1) is 24.3. The van der Waals surface area contributed by atoms with Gasteiger partial charge in [-0.15, -0.1) is 0 Å². The number of amides is 1. The Kier molecular flexibility index (Phi) is 8.08. The van der Waals surface area contributed by atoms with E-state index in [0.29, 0.717) is 18.0 Å². The highest BCUT2D eigenvalue weighted by molar-refractivity contribution is 7.89. The molecule has 0 heterocycles. The van der Waals surface area contributed by atoms with Crippen LogP contribution < -0.4 is 19.5 Å². The lowest BCUT2D eigenvalue weighted by atomic mass is 10.1. The summed E-state index contributed by atoms with van der Waals surface area (Å²) >= 11 is 0. The summed E-state index contributed by atoms with van der Waals surface area (Å²) in [6.45, 7) is 4.22. The minimum Gasteiger partial charge on any atom is -0.495 e. The fourth-order valence-electron chi connectivity index (χ4n) is 3.31. The van der Waals surface area contributed by atoms with E-state index in [1.165, 1.54) is 13.2 Å². The average Bonchev–Trinajstić information content (AvgIpc) is 2.80. The molecule has 3 rings (SSSR count). The van der Waals surface area contributed by atoms with E-state index >= 15 is 0 Å². The fourth-order valence-corrected chi connectivity index (χ4v) is 4.76. The SMILES string of the molecule is CCOc1ccc(NC(=O)C(Cc2ccccc2)NS(=O)(=O)c2cc(C)ccc2OC)cc1. The Morgan fingerprint density at radius 1 is 1.00 bits per heavy atom. The van der Waals surface area contributed by atoms with E-state index < -0.39 is 22.0 Å². The number of nitrogens with one attached hydrogen (secondary N) is 2. The molecule has 0 aliphatic carbocycles. The number of carbonyl (C=O) groups excluding carboxylic acids is 1. The second-order valence-corrected chi connectivity index (χ2v) is 9.15. The average molecular weight is 469 g/mol. The third-order valence-electron chi connectivity index (χ3n) is 4.94. The van der Waals surface area contributed by atoms with Crippen molar-refractivity contribution in [3.63, 3.8) is 0 Å². The number of hydrogen-bond donors (Lipinski definition) is 2. The maximum Gasteiger partial charge on any atom is 0.245 e. The van der Waals surface area contributed by atoms with E-state index in [-0.39, 0.29) is 17.1 Å². The molecule has 33 heavy (non-hydrogen) atoms. The van der Waals surface area contributed by atoms with Crippen molar-refractivity contribution in [3.8, 4) is 11.5 Å². The van der Waals surface area contributed by atoms with Crippen LogP contribution in [0.5, 0.6) is 11.5 Å². The van der Waals surface area contributed by atoms with E-state index in [9.17, 15) is 13.2 Å². The minimum absolute atomic E-state index is 0.0167. The third-order valence-corrected chi connectivity index (χ3v) is 6.43. The van der Waals surface area contributed by atoms with Crippen LogP contribution in [-0.4, -0.2) is 34.1 Å². The van der Waals surface area contributed by atoms with Crippen LogP contribution in [0.1, 0.15) is 18.1 Å². The highest BCUT2D eigenvalue weighted by Gasteiger charge is 2.28. The topological polar surface area (TPSA) is 93.7 Å². The minimum atomic E-state index is -4.05. The lowest BCUT2D eigenvalue weighted by Gasteiger charge is -2.20. The molecule has 3 aromatic carbocycles. The number of ether oxygens (including phenoxy) is 2.